The molecule has 7 heteroatoms. The normalized spacial score (nSPS) is 19.0. The number of fused-ring (bicyclic) bond motifs is 1. The minimum atomic E-state index is -0.351. The molecule has 0 aromatic heterocycles. The maximum absolute atomic E-state index is 13.8. The van der Waals surface area contributed by atoms with Crippen molar-refractivity contribution in [1.29, 1.82) is 0 Å². The highest BCUT2D eigenvalue weighted by molar-refractivity contribution is 9.10. The molecule has 0 saturated carbocycles. The first kappa shape index (κ1) is 23.3. The second kappa shape index (κ2) is 9.66. The van der Waals surface area contributed by atoms with Gasteiger partial charge in [0, 0.05) is 17.7 Å². The Labute approximate surface area is 213 Å². The zero-order valence-corrected chi connectivity index (χ0v) is 21.4. The lowest BCUT2D eigenvalue weighted by Crippen LogP contribution is -2.27. The molecule has 0 spiro atoms. The summed E-state index contributed by atoms with van der Waals surface area (Å²) in [6, 6.07) is 19.6. The highest BCUT2D eigenvalue weighted by atomic mass is 79.9. The van der Waals surface area contributed by atoms with Crippen molar-refractivity contribution in [1.82, 2.24) is 0 Å². The second-order valence-corrected chi connectivity index (χ2v) is 9.54. The van der Waals surface area contributed by atoms with Crippen LogP contribution in [0.15, 0.2) is 76.4 Å². The molecular weight excluding hydrogens is 508 g/mol. The number of ketones is 1. The molecule has 6 nitrogen and oxygen atoms in total. The van der Waals surface area contributed by atoms with Crippen LogP contribution in [0.4, 0.5) is 11.4 Å². The Morgan fingerprint density at radius 3 is 2.40 bits per heavy atom. The van der Waals surface area contributed by atoms with E-state index in [9.17, 15) is 4.79 Å². The van der Waals surface area contributed by atoms with E-state index in [-0.39, 0.29) is 17.7 Å². The van der Waals surface area contributed by atoms with Gasteiger partial charge < -0.3 is 24.8 Å². The van der Waals surface area contributed by atoms with E-state index >= 15 is 0 Å². The maximum atomic E-state index is 13.8. The van der Waals surface area contributed by atoms with Gasteiger partial charge in [0.25, 0.3) is 0 Å². The lowest BCUT2D eigenvalue weighted by atomic mass is 9.78. The van der Waals surface area contributed by atoms with Gasteiger partial charge in [-0.3, -0.25) is 4.79 Å². The minimum Gasteiger partial charge on any atom is -0.497 e. The summed E-state index contributed by atoms with van der Waals surface area (Å²) in [5.74, 6) is 2.19. The summed E-state index contributed by atoms with van der Waals surface area (Å²) >= 11 is 3.61. The summed E-state index contributed by atoms with van der Waals surface area (Å²) < 4.78 is 17.3. The van der Waals surface area contributed by atoms with E-state index in [1.54, 1.807) is 21.3 Å². The molecule has 0 amide bonds. The Morgan fingerprint density at radius 2 is 1.66 bits per heavy atom. The highest BCUT2D eigenvalue weighted by Crippen LogP contribution is 2.46. The van der Waals surface area contributed by atoms with Crippen molar-refractivity contribution in [2.45, 2.75) is 24.8 Å². The summed E-state index contributed by atoms with van der Waals surface area (Å²) in [5, 5.41) is 7.20. The second-order valence-electron chi connectivity index (χ2n) is 8.68. The number of rotatable bonds is 5. The first-order valence-electron chi connectivity index (χ1n) is 11.5. The summed E-state index contributed by atoms with van der Waals surface area (Å²) in [6.45, 7) is 0. The first-order valence-corrected chi connectivity index (χ1v) is 12.3. The number of allylic oxidation sites excluding steroid dienone is 1. The molecule has 1 aliphatic heterocycles. The lowest BCUT2D eigenvalue weighted by Gasteiger charge is -2.30. The Hall–Kier alpha value is -3.45. The number of methoxy groups -OCH3 is 3. The number of para-hydroxylation sites is 2. The average molecular weight is 535 g/mol. The molecule has 180 valence electrons. The van der Waals surface area contributed by atoms with Crippen molar-refractivity contribution in [3.8, 4) is 17.2 Å². The number of hydrogen-bond donors (Lipinski definition) is 2. The predicted octanol–water partition coefficient (Wildman–Crippen LogP) is 6.45. The lowest BCUT2D eigenvalue weighted by molar-refractivity contribution is -0.116. The van der Waals surface area contributed by atoms with Crippen LogP contribution in [0.2, 0.25) is 0 Å². The van der Waals surface area contributed by atoms with Crippen LogP contribution in [0, 0.1) is 0 Å². The van der Waals surface area contributed by atoms with Gasteiger partial charge in [-0.1, -0.05) is 24.3 Å². The van der Waals surface area contributed by atoms with Gasteiger partial charge in [-0.05, 0) is 75.8 Å². The van der Waals surface area contributed by atoms with Gasteiger partial charge in [-0.2, -0.15) is 0 Å². The Balaban J connectivity index is 1.62. The molecule has 1 aliphatic carbocycles. The number of hydrogen-bond acceptors (Lipinski definition) is 6. The van der Waals surface area contributed by atoms with Crippen molar-refractivity contribution in [3.05, 3.63) is 87.5 Å². The Morgan fingerprint density at radius 1 is 0.857 bits per heavy atom. The number of nitrogens with one attached hydrogen (secondary N) is 2. The summed E-state index contributed by atoms with van der Waals surface area (Å²) in [7, 11) is 4.88. The van der Waals surface area contributed by atoms with Crippen LogP contribution >= 0.6 is 15.9 Å². The maximum Gasteiger partial charge on any atom is 0.174 e. The molecule has 2 N–H and O–H groups in total. The number of benzene rings is 3. The van der Waals surface area contributed by atoms with Crippen molar-refractivity contribution in [2.75, 3.05) is 32.0 Å². The summed E-state index contributed by atoms with van der Waals surface area (Å²) in [6.07, 6.45) is 1.14. The fourth-order valence-electron chi connectivity index (χ4n) is 4.98. The fourth-order valence-corrected chi connectivity index (χ4v) is 5.60. The molecule has 3 aromatic rings. The Bertz CT molecular complexity index is 1320. The molecule has 35 heavy (non-hydrogen) atoms. The zero-order chi connectivity index (χ0) is 24.5. The van der Waals surface area contributed by atoms with Crippen LogP contribution < -0.4 is 24.8 Å². The monoisotopic (exact) mass is 534 g/mol. The van der Waals surface area contributed by atoms with Gasteiger partial charge in [0.05, 0.1) is 43.2 Å². The molecule has 2 atom stereocenters. The fraction of sp³-hybridized carbons (Fsp3) is 0.250. The minimum absolute atomic E-state index is 0.0619. The van der Waals surface area contributed by atoms with E-state index in [0.717, 1.165) is 50.4 Å². The predicted molar refractivity (Wildman–Crippen MR) is 141 cm³/mol. The number of halogens is 1. The van der Waals surface area contributed by atoms with Crippen molar-refractivity contribution in [3.63, 3.8) is 0 Å². The molecule has 0 bridgehead atoms. The van der Waals surface area contributed by atoms with E-state index in [1.807, 2.05) is 54.6 Å². The smallest absolute Gasteiger partial charge is 0.174 e. The number of carbonyl (C=O) groups excluding carboxylic acids is 1. The molecule has 3 aromatic carbocycles. The first-order chi connectivity index (χ1) is 17.0. The van der Waals surface area contributed by atoms with Crippen molar-refractivity contribution in [2.24, 2.45) is 0 Å². The van der Waals surface area contributed by atoms with Crippen molar-refractivity contribution < 1.29 is 19.0 Å². The van der Waals surface area contributed by atoms with Gasteiger partial charge in [-0.25, -0.2) is 0 Å². The van der Waals surface area contributed by atoms with E-state index in [2.05, 4.69) is 32.6 Å². The van der Waals surface area contributed by atoms with Crippen LogP contribution in [0.3, 0.4) is 0 Å². The topological polar surface area (TPSA) is 68.8 Å². The summed E-state index contributed by atoms with van der Waals surface area (Å²) in [4.78, 5) is 13.8. The van der Waals surface area contributed by atoms with Gasteiger partial charge in [0.2, 0.25) is 0 Å². The van der Waals surface area contributed by atoms with E-state index < -0.39 is 0 Å². The van der Waals surface area contributed by atoms with E-state index in [1.165, 1.54) is 0 Å². The summed E-state index contributed by atoms with van der Waals surface area (Å²) in [5.41, 5.74) is 5.57. The molecule has 0 saturated heterocycles. The van der Waals surface area contributed by atoms with E-state index in [4.69, 9.17) is 14.2 Å². The van der Waals surface area contributed by atoms with Gasteiger partial charge in [0.1, 0.15) is 5.75 Å². The van der Waals surface area contributed by atoms with Gasteiger partial charge >= 0.3 is 0 Å². The third-order valence-corrected chi connectivity index (χ3v) is 7.25. The third kappa shape index (κ3) is 4.36. The largest absolute Gasteiger partial charge is 0.497 e. The highest BCUT2D eigenvalue weighted by Gasteiger charge is 2.36. The van der Waals surface area contributed by atoms with Crippen LogP contribution in [-0.4, -0.2) is 27.1 Å². The molecule has 0 fully saturated rings. The number of ether oxygens (including phenoxy) is 3. The third-order valence-electron chi connectivity index (χ3n) is 6.66. The SMILES string of the molecule is COc1cccc(C2CC(=O)C3=C(C2)Nc2ccccc2NC3c2cc(Br)c(OC)c(OC)c2)c1. The van der Waals surface area contributed by atoms with Gasteiger partial charge in [-0.15, -0.1) is 0 Å². The molecular formula is C28H27BrN2O4. The molecule has 5 rings (SSSR count). The average Bonchev–Trinajstić information content (AvgIpc) is 3.05. The molecule has 2 aliphatic rings. The number of anilines is 2. The van der Waals surface area contributed by atoms with Crippen molar-refractivity contribution >= 4 is 33.1 Å². The van der Waals surface area contributed by atoms with E-state index in [0.29, 0.717) is 17.9 Å². The number of carbonyl (C=O) groups is 1. The Kier molecular flexibility index (Phi) is 6.43. The van der Waals surface area contributed by atoms with Crippen LogP contribution in [0.25, 0.3) is 0 Å². The molecule has 2 unspecified atom stereocenters. The van der Waals surface area contributed by atoms with Crippen LogP contribution in [-0.2, 0) is 4.79 Å². The van der Waals surface area contributed by atoms with Gasteiger partial charge in [0.15, 0.2) is 17.3 Å². The standard InChI is InChI=1S/C28H27BrN2O4/c1-33-19-8-6-7-16(11-19)17-13-23-26(24(32)14-17)27(31-22-10-5-4-9-21(22)30-23)18-12-20(29)28(35-3)25(15-18)34-2/h4-12,15,17,27,30-31H,13-14H2,1-3H3. The zero-order valence-electron chi connectivity index (χ0n) is 19.9. The molecule has 0 radical (unpaired) electrons. The quantitative estimate of drug-likeness (QED) is 0.391. The van der Waals surface area contributed by atoms with Crippen LogP contribution in [0.5, 0.6) is 17.2 Å². The molecule has 1 heterocycles. The number of Topliss-reactive ketones (excluding diaryl/α,β-unsaturated/α-hetero) is 1. The van der Waals surface area contributed by atoms with Crippen LogP contribution in [0.1, 0.15) is 35.9 Å².